The first-order valence-corrected chi connectivity index (χ1v) is 3.80. The number of rotatable bonds is 2. The third kappa shape index (κ3) is 1.23. The van der Waals surface area contributed by atoms with Gasteiger partial charge in [-0.25, -0.2) is 4.79 Å². The Bertz CT molecular complexity index is 136. The van der Waals surface area contributed by atoms with Crippen LogP contribution in [0.1, 0.15) is 20.3 Å². The van der Waals surface area contributed by atoms with Crippen molar-refractivity contribution in [2.24, 2.45) is 0 Å². The van der Waals surface area contributed by atoms with Crippen molar-refractivity contribution in [3.05, 3.63) is 0 Å². The fourth-order valence-corrected chi connectivity index (χ4v) is 1.21. The maximum absolute atomic E-state index is 11.0. The zero-order chi connectivity index (χ0) is 7.56. The summed E-state index contributed by atoms with van der Waals surface area (Å²) < 4.78 is 0. The van der Waals surface area contributed by atoms with Crippen LogP contribution in [0.3, 0.4) is 0 Å². The highest BCUT2D eigenvalue weighted by molar-refractivity contribution is 5.76. The summed E-state index contributed by atoms with van der Waals surface area (Å²) in [4.78, 5) is 12.9. The van der Waals surface area contributed by atoms with Crippen molar-refractivity contribution in [1.82, 2.24) is 10.2 Å². The zero-order valence-corrected chi connectivity index (χ0v) is 6.55. The summed E-state index contributed by atoms with van der Waals surface area (Å²) in [6.45, 7) is 5.83. The standard InChI is InChI=1S/C7H14N2O/c1-3-4-9-6(2)5-8-7(9)10/h6H,3-5H2,1-2H3,(H,8,10)/t6-/m0/s1. The number of hydrogen-bond donors (Lipinski definition) is 1. The van der Waals surface area contributed by atoms with Gasteiger partial charge in [0.2, 0.25) is 0 Å². The molecule has 0 aromatic rings. The largest absolute Gasteiger partial charge is 0.336 e. The number of amides is 2. The molecule has 1 atom stereocenters. The molecule has 3 nitrogen and oxygen atoms in total. The Hall–Kier alpha value is -0.730. The molecule has 1 aliphatic heterocycles. The van der Waals surface area contributed by atoms with Gasteiger partial charge in [0.1, 0.15) is 0 Å². The summed E-state index contributed by atoms with van der Waals surface area (Å²) in [6.07, 6.45) is 1.04. The highest BCUT2D eigenvalue weighted by Gasteiger charge is 2.25. The van der Waals surface area contributed by atoms with Crippen molar-refractivity contribution in [3.8, 4) is 0 Å². The maximum atomic E-state index is 11.0. The Morgan fingerprint density at radius 2 is 2.50 bits per heavy atom. The number of hydrogen-bond acceptors (Lipinski definition) is 1. The highest BCUT2D eigenvalue weighted by atomic mass is 16.2. The Morgan fingerprint density at radius 1 is 1.80 bits per heavy atom. The van der Waals surface area contributed by atoms with E-state index in [0.29, 0.717) is 6.04 Å². The van der Waals surface area contributed by atoms with Crippen LogP contribution in [-0.4, -0.2) is 30.1 Å². The van der Waals surface area contributed by atoms with Crippen LogP contribution in [0.2, 0.25) is 0 Å². The molecule has 0 saturated carbocycles. The van der Waals surface area contributed by atoms with E-state index < -0.39 is 0 Å². The van der Waals surface area contributed by atoms with Crippen molar-refractivity contribution >= 4 is 6.03 Å². The molecule has 3 heteroatoms. The lowest BCUT2D eigenvalue weighted by molar-refractivity contribution is 0.207. The van der Waals surface area contributed by atoms with Crippen molar-refractivity contribution < 1.29 is 4.79 Å². The van der Waals surface area contributed by atoms with Gasteiger partial charge in [0.15, 0.2) is 0 Å². The maximum Gasteiger partial charge on any atom is 0.317 e. The fraction of sp³-hybridized carbons (Fsp3) is 0.857. The van der Waals surface area contributed by atoms with Crippen LogP contribution in [0.4, 0.5) is 4.79 Å². The quantitative estimate of drug-likeness (QED) is 0.608. The summed E-state index contributed by atoms with van der Waals surface area (Å²) in [5, 5.41) is 2.79. The molecule has 58 valence electrons. The highest BCUT2D eigenvalue weighted by Crippen LogP contribution is 2.05. The summed E-state index contributed by atoms with van der Waals surface area (Å²) >= 11 is 0. The number of carbonyl (C=O) groups excluding carboxylic acids is 1. The summed E-state index contributed by atoms with van der Waals surface area (Å²) in [5.41, 5.74) is 0. The molecule has 0 aromatic carbocycles. The van der Waals surface area contributed by atoms with Gasteiger partial charge in [0.05, 0.1) is 0 Å². The molecule has 0 spiro atoms. The zero-order valence-electron chi connectivity index (χ0n) is 6.55. The van der Waals surface area contributed by atoms with Crippen molar-refractivity contribution in [2.75, 3.05) is 13.1 Å². The molecule has 2 amide bonds. The van der Waals surface area contributed by atoms with Crippen LogP contribution < -0.4 is 5.32 Å². The van der Waals surface area contributed by atoms with Crippen molar-refractivity contribution in [2.45, 2.75) is 26.3 Å². The minimum atomic E-state index is 0.0920. The van der Waals surface area contributed by atoms with Gasteiger partial charge < -0.3 is 10.2 Å². The molecule has 0 aliphatic carbocycles. The molecular weight excluding hydrogens is 128 g/mol. The lowest BCUT2D eigenvalue weighted by Gasteiger charge is -2.17. The molecule has 1 fully saturated rings. The molecule has 10 heavy (non-hydrogen) atoms. The van der Waals surface area contributed by atoms with Crippen molar-refractivity contribution in [1.29, 1.82) is 0 Å². The minimum absolute atomic E-state index is 0.0920. The second-order valence-electron chi connectivity index (χ2n) is 2.73. The Labute approximate surface area is 61.4 Å². The lowest BCUT2D eigenvalue weighted by atomic mass is 10.3. The van der Waals surface area contributed by atoms with Crippen LogP contribution >= 0.6 is 0 Å². The van der Waals surface area contributed by atoms with E-state index in [1.807, 2.05) is 4.90 Å². The molecule has 1 saturated heterocycles. The van der Waals surface area contributed by atoms with Gasteiger partial charge >= 0.3 is 6.03 Å². The van der Waals surface area contributed by atoms with E-state index in [-0.39, 0.29) is 6.03 Å². The smallest absolute Gasteiger partial charge is 0.317 e. The third-order valence-electron chi connectivity index (χ3n) is 1.81. The molecular formula is C7H14N2O. The first kappa shape index (κ1) is 7.38. The first-order chi connectivity index (χ1) is 4.75. The van der Waals surface area contributed by atoms with E-state index in [1.165, 1.54) is 0 Å². The Kier molecular flexibility index (Phi) is 2.14. The Balaban J connectivity index is 2.46. The molecule has 1 aliphatic rings. The topological polar surface area (TPSA) is 32.3 Å². The van der Waals surface area contributed by atoms with Crippen molar-refractivity contribution in [3.63, 3.8) is 0 Å². The second-order valence-corrected chi connectivity index (χ2v) is 2.73. The molecule has 1 N–H and O–H groups in total. The Morgan fingerprint density at radius 3 is 2.90 bits per heavy atom. The predicted molar refractivity (Wildman–Crippen MR) is 39.9 cm³/mol. The summed E-state index contributed by atoms with van der Waals surface area (Å²) in [7, 11) is 0. The lowest BCUT2D eigenvalue weighted by Crippen LogP contribution is -2.32. The normalized spacial score (nSPS) is 25.2. The SMILES string of the molecule is CCCN1C(=O)NC[C@@H]1C. The average molecular weight is 142 g/mol. The van der Waals surface area contributed by atoms with E-state index in [0.717, 1.165) is 19.5 Å². The van der Waals surface area contributed by atoms with Gasteiger partial charge in [-0.3, -0.25) is 0 Å². The number of nitrogens with one attached hydrogen (secondary N) is 1. The van der Waals surface area contributed by atoms with Gasteiger partial charge in [-0.15, -0.1) is 0 Å². The summed E-state index contributed by atoms with van der Waals surface area (Å²) in [5.74, 6) is 0. The first-order valence-electron chi connectivity index (χ1n) is 3.80. The van der Waals surface area contributed by atoms with Gasteiger partial charge in [-0.05, 0) is 13.3 Å². The average Bonchev–Trinajstić information content (AvgIpc) is 2.20. The monoisotopic (exact) mass is 142 g/mol. The molecule has 0 unspecified atom stereocenters. The second kappa shape index (κ2) is 2.90. The van der Waals surface area contributed by atoms with E-state index >= 15 is 0 Å². The van der Waals surface area contributed by atoms with Gasteiger partial charge in [0, 0.05) is 19.1 Å². The van der Waals surface area contributed by atoms with E-state index in [9.17, 15) is 4.79 Å². The molecule has 0 aromatic heterocycles. The molecule has 0 bridgehead atoms. The fourth-order valence-electron chi connectivity index (χ4n) is 1.21. The number of urea groups is 1. The summed E-state index contributed by atoms with van der Waals surface area (Å²) in [6, 6.07) is 0.474. The van der Waals surface area contributed by atoms with Gasteiger partial charge in [0.25, 0.3) is 0 Å². The van der Waals surface area contributed by atoms with Crippen LogP contribution in [0.5, 0.6) is 0 Å². The molecule has 1 heterocycles. The van der Waals surface area contributed by atoms with Gasteiger partial charge in [-0.1, -0.05) is 6.92 Å². The molecule has 0 radical (unpaired) electrons. The predicted octanol–water partition coefficient (Wildman–Crippen LogP) is 0.810. The molecule has 1 rings (SSSR count). The van der Waals surface area contributed by atoms with Gasteiger partial charge in [-0.2, -0.15) is 0 Å². The van der Waals surface area contributed by atoms with E-state index in [2.05, 4.69) is 19.2 Å². The van der Waals surface area contributed by atoms with Crippen LogP contribution in [-0.2, 0) is 0 Å². The van der Waals surface area contributed by atoms with Crippen LogP contribution in [0.15, 0.2) is 0 Å². The van der Waals surface area contributed by atoms with Crippen LogP contribution in [0, 0.1) is 0 Å². The third-order valence-corrected chi connectivity index (χ3v) is 1.81. The van der Waals surface area contributed by atoms with E-state index in [1.54, 1.807) is 0 Å². The minimum Gasteiger partial charge on any atom is -0.336 e. The van der Waals surface area contributed by atoms with Crippen LogP contribution in [0.25, 0.3) is 0 Å². The number of nitrogens with zero attached hydrogens (tertiary/aromatic N) is 1. The number of carbonyl (C=O) groups is 1. The van der Waals surface area contributed by atoms with E-state index in [4.69, 9.17) is 0 Å².